The minimum Gasteiger partial charge on any atom is -0.481 e. The van der Waals surface area contributed by atoms with E-state index < -0.39 is 6.10 Å². The molecule has 0 fully saturated rings. The van der Waals surface area contributed by atoms with Crippen molar-refractivity contribution in [1.29, 1.82) is 5.26 Å². The average Bonchev–Trinajstić information content (AvgIpc) is 2.17. The highest BCUT2D eigenvalue weighted by Crippen LogP contribution is 2.31. The Kier molecular flexibility index (Phi) is 3.69. The van der Waals surface area contributed by atoms with Crippen LogP contribution < -0.4 is 4.74 Å². The molecule has 0 saturated carbocycles. The number of aliphatic hydroxyl groups excluding tert-OH is 1. The molecule has 0 aliphatic carbocycles. The second kappa shape index (κ2) is 4.80. The zero-order chi connectivity index (χ0) is 10.6. The van der Waals surface area contributed by atoms with Crippen LogP contribution in [0.25, 0.3) is 0 Å². The largest absolute Gasteiger partial charge is 0.481 e. The summed E-state index contributed by atoms with van der Waals surface area (Å²) in [5.41, 5.74) is 0.359. The fourth-order valence-corrected chi connectivity index (χ4v) is 1.35. The molecule has 5 heteroatoms. The summed E-state index contributed by atoms with van der Waals surface area (Å²) >= 11 is 5.85. The summed E-state index contributed by atoms with van der Waals surface area (Å²) in [6.07, 6.45) is 0.474. The van der Waals surface area contributed by atoms with Gasteiger partial charge in [-0.2, -0.15) is 5.26 Å². The number of hydrogen-bond acceptors (Lipinski definition) is 4. The minimum atomic E-state index is -0.962. The molecule has 0 amide bonds. The van der Waals surface area contributed by atoms with Crippen molar-refractivity contribution in [2.75, 3.05) is 7.11 Å². The van der Waals surface area contributed by atoms with Gasteiger partial charge < -0.3 is 9.84 Å². The second-order valence-corrected chi connectivity index (χ2v) is 3.00. The lowest BCUT2D eigenvalue weighted by Gasteiger charge is -2.12. The Hall–Kier alpha value is -1.31. The van der Waals surface area contributed by atoms with Gasteiger partial charge in [-0.3, -0.25) is 0 Å². The van der Waals surface area contributed by atoms with E-state index in [1.165, 1.54) is 13.3 Å². The van der Waals surface area contributed by atoms with Gasteiger partial charge in [0.2, 0.25) is 5.88 Å². The molecule has 74 valence electrons. The highest BCUT2D eigenvalue weighted by atomic mass is 35.5. The molecule has 0 aliphatic rings. The standard InChI is InChI=1S/C9H9ClN2O2/c1-14-9-8(7(13)2-4-11)6(10)3-5-12-9/h3,5,7,13H,2H2,1H3. The zero-order valence-corrected chi connectivity index (χ0v) is 8.32. The molecule has 0 radical (unpaired) electrons. The first-order chi connectivity index (χ1) is 6.70. The summed E-state index contributed by atoms with van der Waals surface area (Å²) < 4.78 is 4.93. The van der Waals surface area contributed by atoms with Gasteiger partial charge in [-0.1, -0.05) is 11.6 Å². The Morgan fingerprint density at radius 3 is 3.07 bits per heavy atom. The summed E-state index contributed by atoms with van der Waals surface area (Å²) in [4.78, 5) is 3.89. The number of halogens is 1. The van der Waals surface area contributed by atoms with Gasteiger partial charge >= 0.3 is 0 Å². The van der Waals surface area contributed by atoms with E-state index in [1.807, 2.05) is 6.07 Å². The van der Waals surface area contributed by atoms with E-state index in [4.69, 9.17) is 21.6 Å². The van der Waals surface area contributed by atoms with Crippen LogP contribution in [-0.4, -0.2) is 17.2 Å². The molecule has 1 rings (SSSR count). The van der Waals surface area contributed by atoms with Crippen LogP contribution in [0.4, 0.5) is 0 Å². The molecule has 1 heterocycles. The molecule has 1 unspecified atom stereocenters. The Morgan fingerprint density at radius 1 is 1.79 bits per heavy atom. The monoisotopic (exact) mass is 212 g/mol. The SMILES string of the molecule is COc1nccc(Cl)c1C(O)CC#N. The number of aromatic nitrogens is 1. The van der Waals surface area contributed by atoms with E-state index in [9.17, 15) is 5.11 Å². The van der Waals surface area contributed by atoms with Crippen LogP contribution in [0.15, 0.2) is 12.3 Å². The molecular formula is C9H9ClN2O2. The van der Waals surface area contributed by atoms with Gasteiger partial charge in [-0.25, -0.2) is 4.98 Å². The van der Waals surface area contributed by atoms with Gasteiger partial charge in [-0.05, 0) is 6.07 Å². The number of ether oxygens (including phenoxy) is 1. The number of methoxy groups -OCH3 is 1. The van der Waals surface area contributed by atoms with Crippen LogP contribution in [0.5, 0.6) is 5.88 Å². The molecule has 1 aromatic rings. The number of hydrogen-bond donors (Lipinski definition) is 1. The van der Waals surface area contributed by atoms with Crippen molar-refractivity contribution < 1.29 is 9.84 Å². The predicted molar refractivity (Wildman–Crippen MR) is 51.0 cm³/mol. The van der Waals surface area contributed by atoms with Gasteiger partial charge in [0.15, 0.2) is 0 Å². The van der Waals surface area contributed by atoms with Gasteiger partial charge in [0.1, 0.15) is 0 Å². The number of nitriles is 1. The van der Waals surface area contributed by atoms with Crippen LogP contribution in [0.3, 0.4) is 0 Å². The smallest absolute Gasteiger partial charge is 0.220 e. The van der Waals surface area contributed by atoms with Crippen LogP contribution in [-0.2, 0) is 0 Å². The molecule has 0 spiro atoms. The van der Waals surface area contributed by atoms with Crippen LogP contribution in [0.1, 0.15) is 18.1 Å². The third kappa shape index (κ3) is 2.13. The quantitative estimate of drug-likeness (QED) is 0.828. The lowest BCUT2D eigenvalue weighted by atomic mass is 10.1. The van der Waals surface area contributed by atoms with Crippen molar-refractivity contribution in [3.05, 3.63) is 22.8 Å². The van der Waals surface area contributed by atoms with E-state index in [-0.39, 0.29) is 12.3 Å². The van der Waals surface area contributed by atoms with E-state index in [2.05, 4.69) is 4.98 Å². The van der Waals surface area contributed by atoms with Crippen molar-refractivity contribution in [3.8, 4) is 11.9 Å². The van der Waals surface area contributed by atoms with Crippen LogP contribution in [0, 0.1) is 11.3 Å². The van der Waals surface area contributed by atoms with E-state index in [0.717, 1.165) is 0 Å². The second-order valence-electron chi connectivity index (χ2n) is 2.59. The topological polar surface area (TPSA) is 66.1 Å². The summed E-state index contributed by atoms with van der Waals surface area (Å²) in [6.45, 7) is 0. The van der Waals surface area contributed by atoms with Crippen molar-refractivity contribution in [2.24, 2.45) is 0 Å². The molecule has 1 atom stereocenters. The number of aliphatic hydroxyl groups is 1. The molecule has 0 aromatic carbocycles. The number of rotatable bonds is 3. The van der Waals surface area contributed by atoms with E-state index in [0.29, 0.717) is 10.6 Å². The van der Waals surface area contributed by atoms with Crippen LogP contribution >= 0.6 is 11.6 Å². The summed E-state index contributed by atoms with van der Waals surface area (Å²) in [5, 5.41) is 18.4. The van der Waals surface area contributed by atoms with Crippen molar-refractivity contribution in [1.82, 2.24) is 4.98 Å². The Morgan fingerprint density at radius 2 is 2.50 bits per heavy atom. The highest BCUT2D eigenvalue weighted by Gasteiger charge is 2.17. The molecular weight excluding hydrogens is 204 g/mol. The Balaban J connectivity index is 3.11. The van der Waals surface area contributed by atoms with E-state index >= 15 is 0 Å². The van der Waals surface area contributed by atoms with Crippen LogP contribution in [0.2, 0.25) is 5.02 Å². The number of nitrogens with zero attached hydrogens (tertiary/aromatic N) is 2. The van der Waals surface area contributed by atoms with Crippen molar-refractivity contribution in [3.63, 3.8) is 0 Å². The highest BCUT2D eigenvalue weighted by molar-refractivity contribution is 6.31. The maximum atomic E-state index is 9.59. The molecule has 0 bridgehead atoms. The Bertz CT molecular complexity index is 362. The summed E-state index contributed by atoms with van der Waals surface area (Å²) in [6, 6.07) is 3.39. The Labute approximate surface area is 86.7 Å². The van der Waals surface area contributed by atoms with Gasteiger partial charge in [0.05, 0.1) is 36.3 Å². The molecule has 0 saturated heterocycles. The first-order valence-electron chi connectivity index (χ1n) is 3.94. The first-order valence-corrected chi connectivity index (χ1v) is 4.32. The van der Waals surface area contributed by atoms with Crippen molar-refractivity contribution >= 4 is 11.6 Å². The average molecular weight is 213 g/mol. The van der Waals surface area contributed by atoms with Crippen molar-refractivity contribution in [2.45, 2.75) is 12.5 Å². The zero-order valence-electron chi connectivity index (χ0n) is 7.57. The minimum absolute atomic E-state index is 0.0399. The molecule has 0 aliphatic heterocycles. The molecule has 14 heavy (non-hydrogen) atoms. The summed E-state index contributed by atoms with van der Waals surface area (Å²) in [7, 11) is 1.43. The fourth-order valence-electron chi connectivity index (χ4n) is 1.08. The normalized spacial score (nSPS) is 11.9. The summed E-state index contributed by atoms with van der Waals surface area (Å²) in [5.74, 6) is 0.250. The third-order valence-corrected chi connectivity index (χ3v) is 2.04. The molecule has 1 N–H and O–H groups in total. The fraction of sp³-hybridized carbons (Fsp3) is 0.333. The maximum Gasteiger partial charge on any atom is 0.220 e. The van der Waals surface area contributed by atoms with Gasteiger partial charge in [-0.15, -0.1) is 0 Å². The van der Waals surface area contributed by atoms with Gasteiger partial charge in [0, 0.05) is 6.20 Å². The molecule has 4 nitrogen and oxygen atoms in total. The third-order valence-electron chi connectivity index (χ3n) is 1.71. The predicted octanol–water partition coefficient (Wildman–Crippen LogP) is 1.69. The van der Waals surface area contributed by atoms with Gasteiger partial charge in [0.25, 0.3) is 0 Å². The number of pyridine rings is 1. The molecule has 1 aromatic heterocycles. The lowest BCUT2D eigenvalue weighted by molar-refractivity contribution is 0.178. The van der Waals surface area contributed by atoms with E-state index in [1.54, 1.807) is 6.07 Å². The lowest BCUT2D eigenvalue weighted by Crippen LogP contribution is -2.02. The first kappa shape index (κ1) is 10.8. The maximum absolute atomic E-state index is 9.59.